The lowest BCUT2D eigenvalue weighted by molar-refractivity contribution is 0.484. The predicted molar refractivity (Wildman–Crippen MR) is 56.1 cm³/mol. The van der Waals surface area contributed by atoms with Crippen molar-refractivity contribution in [3.63, 3.8) is 0 Å². The Labute approximate surface area is 83.7 Å². The quantitative estimate of drug-likeness (QED) is 0.743. The van der Waals surface area contributed by atoms with Gasteiger partial charge in [-0.05, 0) is 19.1 Å². The summed E-state index contributed by atoms with van der Waals surface area (Å²) in [5.74, 6) is -0.277. The van der Waals surface area contributed by atoms with Crippen LogP contribution in [0.4, 0.5) is 5.69 Å². The first-order valence-corrected chi connectivity index (χ1v) is 5.84. The summed E-state index contributed by atoms with van der Waals surface area (Å²) in [5.41, 5.74) is 1.99. The van der Waals surface area contributed by atoms with Crippen LogP contribution in [0, 0.1) is 6.92 Å². The van der Waals surface area contributed by atoms with Gasteiger partial charge in [-0.2, -0.15) is 8.42 Å². The minimum absolute atomic E-state index is 0.210. The van der Waals surface area contributed by atoms with E-state index in [1.807, 2.05) is 31.2 Å². The van der Waals surface area contributed by atoms with E-state index < -0.39 is 10.1 Å². The van der Waals surface area contributed by atoms with E-state index in [0.717, 1.165) is 11.3 Å². The van der Waals surface area contributed by atoms with E-state index in [2.05, 4.69) is 5.32 Å². The Morgan fingerprint density at radius 1 is 1.29 bits per heavy atom. The number of hydrogen-bond donors (Lipinski definition) is 2. The molecule has 0 atom stereocenters. The Kier molecular flexibility index (Phi) is 3.49. The first kappa shape index (κ1) is 11.0. The molecule has 0 unspecified atom stereocenters. The third kappa shape index (κ3) is 4.25. The summed E-state index contributed by atoms with van der Waals surface area (Å²) in [6, 6.07) is 7.57. The fourth-order valence-corrected chi connectivity index (χ4v) is 1.36. The number of rotatable bonds is 4. The van der Waals surface area contributed by atoms with E-state index in [0.29, 0.717) is 0 Å². The molecule has 0 heterocycles. The fraction of sp³-hybridized carbons (Fsp3) is 0.333. The highest BCUT2D eigenvalue weighted by atomic mass is 32.2. The summed E-state index contributed by atoms with van der Waals surface area (Å²) in [5, 5.41) is 2.89. The number of nitrogens with one attached hydrogen (secondary N) is 1. The summed E-state index contributed by atoms with van der Waals surface area (Å²) >= 11 is 0. The van der Waals surface area contributed by atoms with E-state index in [1.54, 1.807) is 0 Å². The maximum Gasteiger partial charge on any atom is 0.266 e. The van der Waals surface area contributed by atoms with Gasteiger partial charge in [-0.1, -0.05) is 17.7 Å². The van der Waals surface area contributed by atoms with Crippen molar-refractivity contribution in [1.82, 2.24) is 0 Å². The highest BCUT2D eigenvalue weighted by molar-refractivity contribution is 7.85. The first-order valence-electron chi connectivity index (χ1n) is 4.23. The molecule has 0 saturated heterocycles. The molecule has 4 nitrogen and oxygen atoms in total. The van der Waals surface area contributed by atoms with Gasteiger partial charge >= 0.3 is 0 Å². The highest BCUT2D eigenvalue weighted by Crippen LogP contribution is 2.07. The Bertz CT molecular complexity index is 383. The van der Waals surface area contributed by atoms with Crippen LogP contribution in [0.1, 0.15) is 5.56 Å². The molecule has 0 amide bonds. The molecule has 1 aromatic rings. The normalized spacial score (nSPS) is 11.3. The van der Waals surface area contributed by atoms with Crippen molar-refractivity contribution in [3.8, 4) is 0 Å². The average molecular weight is 215 g/mol. The van der Waals surface area contributed by atoms with Crippen LogP contribution in [0.15, 0.2) is 24.3 Å². The fourth-order valence-electron chi connectivity index (χ4n) is 0.996. The van der Waals surface area contributed by atoms with Gasteiger partial charge in [0.1, 0.15) is 0 Å². The number of anilines is 1. The van der Waals surface area contributed by atoms with Crippen molar-refractivity contribution in [2.75, 3.05) is 17.6 Å². The van der Waals surface area contributed by atoms with Crippen LogP contribution in [0.2, 0.25) is 0 Å². The molecule has 0 radical (unpaired) electrons. The topological polar surface area (TPSA) is 66.4 Å². The lowest BCUT2D eigenvalue weighted by Crippen LogP contribution is -2.14. The molecule has 0 fully saturated rings. The van der Waals surface area contributed by atoms with Gasteiger partial charge in [-0.25, -0.2) is 0 Å². The largest absolute Gasteiger partial charge is 0.384 e. The zero-order valence-corrected chi connectivity index (χ0v) is 8.71. The van der Waals surface area contributed by atoms with Gasteiger partial charge in [0.15, 0.2) is 0 Å². The van der Waals surface area contributed by atoms with Crippen molar-refractivity contribution in [2.45, 2.75) is 6.92 Å². The monoisotopic (exact) mass is 215 g/mol. The average Bonchev–Trinajstić information content (AvgIpc) is 2.06. The molecule has 14 heavy (non-hydrogen) atoms. The van der Waals surface area contributed by atoms with Crippen LogP contribution >= 0.6 is 0 Å². The number of hydrogen-bond acceptors (Lipinski definition) is 3. The van der Waals surface area contributed by atoms with Gasteiger partial charge in [0.25, 0.3) is 10.1 Å². The van der Waals surface area contributed by atoms with Crippen LogP contribution < -0.4 is 5.32 Å². The van der Waals surface area contributed by atoms with Gasteiger partial charge in [0.05, 0.1) is 5.75 Å². The van der Waals surface area contributed by atoms with E-state index >= 15 is 0 Å². The molecule has 5 heteroatoms. The molecule has 1 aromatic carbocycles. The smallest absolute Gasteiger partial charge is 0.266 e. The predicted octanol–water partition coefficient (Wildman–Crippen LogP) is 1.29. The van der Waals surface area contributed by atoms with Crippen molar-refractivity contribution in [1.29, 1.82) is 0 Å². The van der Waals surface area contributed by atoms with Gasteiger partial charge in [0.2, 0.25) is 0 Å². The molecule has 0 bridgehead atoms. The lowest BCUT2D eigenvalue weighted by atomic mass is 10.2. The number of aryl methyl sites for hydroxylation is 1. The molecule has 0 aliphatic heterocycles. The molecule has 0 aliphatic rings. The SMILES string of the molecule is Cc1ccc(NCCS(=O)(=O)O)cc1. The Morgan fingerprint density at radius 3 is 2.36 bits per heavy atom. The zero-order chi connectivity index (χ0) is 10.6. The molecule has 0 saturated carbocycles. The molecule has 2 N–H and O–H groups in total. The maximum absolute atomic E-state index is 10.4. The Hall–Kier alpha value is -1.07. The molecule has 0 spiro atoms. The summed E-state index contributed by atoms with van der Waals surface area (Å²) < 4.78 is 29.3. The minimum atomic E-state index is -3.86. The third-order valence-electron chi connectivity index (χ3n) is 1.74. The second-order valence-corrected chi connectivity index (χ2v) is 4.65. The first-order chi connectivity index (χ1) is 6.47. The van der Waals surface area contributed by atoms with Crippen molar-refractivity contribution >= 4 is 15.8 Å². The summed E-state index contributed by atoms with van der Waals surface area (Å²) in [6.45, 7) is 2.18. The summed E-state index contributed by atoms with van der Waals surface area (Å²) in [7, 11) is -3.86. The van der Waals surface area contributed by atoms with Crippen LogP contribution in [0.5, 0.6) is 0 Å². The second kappa shape index (κ2) is 4.43. The van der Waals surface area contributed by atoms with Crippen molar-refractivity contribution in [2.24, 2.45) is 0 Å². The molecule has 0 aromatic heterocycles. The van der Waals surface area contributed by atoms with Crippen LogP contribution in [-0.4, -0.2) is 25.3 Å². The highest BCUT2D eigenvalue weighted by Gasteiger charge is 2.02. The van der Waals surface area contributed by atoms with Crippen LogP contribution in [0.3, 0.4) is 0 Å². The van der Waals surface area contributed by atoms with Crippen LogP contribution in [0.25, 0.3) is 0 Å². The lowest BCUT2D eigenvalue weighted by Gasteiger charge is -2.04. The zero-order valence-electron chi connectivity index (χ0n) is 7.90. The summed E-state index contributed by atoms with van der Waals surface area (Å²) in [4.78, 5) is 0. The Morgan fingerprint density at radius 2 is 1.86 bits per heavy atom. The van der Waals surface area contributed by atoms with Crippen molar-refractivity contribution < 1.29 is 13.0 Å². The third-order valence-corrected chi connectivity index (χ3v) is 2.46. The van der Waals surface area contributed by atoms with Gasteiger partial charge in [-0.3, -0.25) is 4.55 Å². The Balaban J connectivity index is 2.43. The summed E-state index contributed by atoms with van der Waals surface area (Å²) in [6.07, 6.45) is 0. The second-order valence-electron chi connectivity index (χ2n) is 3.08. The molecule has 1 rings (SSSR count). The molecule has 0 aliphatic carbocycles. The number of benzene rings is 1. The molecule has 78 valence electrons. The van der Waals surface area contributed by atoms with E-state index in [4.69, 9.17) is 4.55 Å². The van der Waals surface area contributed by atoms with Crippen LogP contribution in [-0.2, 0) is 10.1 Å². The van der Waals surface area contributed by atoms with Crippen molar-refractivity contribution in [3.05, 3.63) is 29.8 Å². The van der Waals surface area contributed by atoms with Gasteiger partial charge in [-0.15, -0.1) is 0 Å². The minimum Gasteiger partial charge on any atom is -0.384 e. The van der Waals surface area contributed by atoms with E-state index in [-0.39, 0.29) is 12.3 Å². The van der Waals surface area contributed by atoms with E-state index in [9.17, 15) is 8.42 Å². The molecular formula is C9H13NO3S. The van der Waals surface area contributed by atoms with E-state index in [1.165, 1.54) is 0 Å². The standard InChI is InChI=1S/C9H13NO3S/c1-8-2-4-9(5-3-8)10-6-7-14(11,12)13/h2-5,10H,6-7H2,1H3,(H,11,12,13). The maximum atomic E-state index is 10.4. The van der Waals surface area contributed by atoms with Gasteiger partial charge in [0, 0.05) is 12.2 Å². The molecular weight excluding hydrogens is 202 g/mol. The van der Waals surface area contributed by atoms with Gasteiger partial charge < -0.3 is 5.32 Å².